The smallest absolute Gasteiger partial charge is 0.235 e. The summed E-state index contributed by atoms with van der Waals surface area (Å²) in [6.07, 6.45) is 5.19. The third kappa shape index (κ3) is 2.00. The maximum Gasteiger partial charge on any atom is 0.235 e. The van der Waals surface area contributed by atoms with Gasteiger partial charge in [0.1, 0.15) is 5.54 Å². The first-order valence-electron chi connectivity index (χ1n) is 6.10. The van der Waals surface area contributed by atoms with Crippen molar-refractivity contribution in [2.45, 2.75) is 38.1 Å². The average molecular weight is 247 g/mol. The van der Waals surface area contributed by atoms with Crippen LogP contribution in [-0.4, -0.2) is 18.3 Å². The van der Waals surface area contributed by atoms with Gasteiger partial charge < -0.3 is 9.84 Å². The minimum atomic E-state index is -0.620. The summed E-state index contributed by atoms with van der Waals surface area (Å²) in [4.78, 5) is 14.7. The maximum atomic E-state index is 10.7. The number of hydrogen-bond donors (Lipinski definition) is 1. The zero-order chi connectivity index (χ0) is 13.2. The van der Waals surface area contributed by atoms with E-state index >= 15 is 0 Å². The monoisotopic (exact) mass is 247 g/mol. The number of rotatable bonds is 3. The van der Waals surface area contributed by atoms with Gasteiger partial charge >= 0.3 is 0 Å². The molecule has 0 saturated heterocycles. The van der Waals surface area contributed by atoms with Crippen molar-refractivity contribution in [1.29, 1.82) is 0 Å². The number of benzene rings is 1. The Bertz CT molecular complexity index is 498. The zero-order valence-corrected chi connectivity index (χ0v) is 10.7. The molecule has 96 valence electrons. The number of methoxy groups -OCH3 is 1. The van der Waals surface area contributed by atoms with Crippen LogP contribution in [0.5, 0.6) is 11.5 Å². The van der Waals surface area contributed by atoms with Crippen molar-refractivity contribution in [1.82, 2.24) is 0 Å². The van der Waals surface area contributed by atoms with E-state index in [0.29, 0.717) is 11.3 Å². The predicted molar refractivity (Wildman–Crippen MR) is 67.7 cm³/mol. The Morgan fingerprint density at radius 3 is 2.61 bits per heavy atom. The van der Waals surface area contributed by atoms with Crippen LogP contribution in [0.2, 0.25) is 0 Å². The molecule has 0 bridgehead atoms. The molecule has 0 unspecified atom stereocenters. The molecule has 4 nitrogen and oxygen atoms in total. The van der Waals surface area contributed by atoms with E-state index in [1.54, 1.807) is 12.1 Å². The standard InChI is InChI=1S/C14H17NO3/c1-10-7-11(13(17)12(8-10)18-2)14(15-9-16)5-3-4-6-14/h7-8,17H,3-6H2,1-2H3. The fourth-order valence-corrected chi connectivity index (χ4v) is 2.74. The molecule has 0 atom stereocenters. The van der Waals surface area contributed by atoms with Crippen LogP contribution in [0.15, 0.2) is 17.1 Å². The molecular formula is C14H17NO3. The Morgan fingerprint density at radius 1 is 1.39 bits per heavy atom. The van der Waals surface area contributed by atoms with Crippen molar-refractivity contribution >= 4 is 6.08 Å². The summed E-state index contributed by atoms with van der Waals surface area (Å²) in [6, 6.07) is 3.65. The Balaban J connectivity index is 2.61. The Kier molecular flexibility index (Phi) is 3.39. The van der Waals surface area contributed by atoms with E-state index in [9.17, 15) is 9.90 Å². The summed E-state index contributed by atoms with van der Waals surface area (Å²) in [5.41, 5.74) is 1.04. The third-order valence-electron chi connectivity index (χ3n) is 3.63. The second kappa shape index (κ2) is 4.83. The number of aryl methyl sites for hydroxylation is 1. The SMILES string of the molecule is COc1cc(C)cc(C2(N=C=O)CCCC2)c1O. The Labute approximate surface area is 106 Å². The minimum absolute atomic E-state index is 0.0870. The number of nitrogens with zero attached hydrogens (tertiary/aromatic N) is 1. The van der Waals surface area contributed by atoms with E-state index in [-0.39, 0.29) is 5.75 Å². The van der Waals surface area contributed by atoms with Gasteiger partial charge in [-0.25, -0.2) is 4.79 Å². The van der Waals surface area contributed by atoms with Gasteiger partial charge in [0.25, 0.3) is 0 Å². The predicted octanol–water partition coefficient (Wildman–Crippen LogP) is 2.81. The number of phenols is 1. The highest BCUT2D eigenvalue weighted by Gasteiger charge is 2.38. The summed E-state index contributed by atoms with van der Waals surface area (Å²) < 4.78 is 5.16. The average Bonchev–Trinajstić information content (AvgIpc) is 2.81. The van der Waals surface area contributed by atoms with Crippen LogP contribution in [0.4, 0.5) is 0 Å². The van der Waals surface area contributed by atoms with Crippen molar-refractivity contribution in [2.24, 2.45) is 4.99 Å². The van der Waals surface area contributed by atoms with Gasteiger partial charge in [-0.1, -0.05) is 12.8 Å². The normalized spacial score (nSPS) is 17.2. The van der Waals surface area contributed by atoms with Crippen LogP contribution in [0.25, 0.3) is 0 Å². The second-order valence-electron chi connectivity index (χ2n) is 4.81. The van der Waals surface area contributed by atoms with E-state index < -0.39 is 5.54 Å². The molecule has 1 fully saturated rings. The molecule has 0 aliphatic heterocycles. The lowest BCUT2D eigenvalue weighted by Gasteiger charge is -2.25. The van der Waals surface area contributed by atoms with Crippen molar-refractivity contribution < 1.29 is 14.6 Å². The van der Waals surface area contributed by atoms with Gasteiger partial charge in [-0.05, 0) is 37.5 Å². The first-order chi connectivity index (χ1) is 8.63. The number of ether oxygens (including phenoxy) is 1. The van der Waals surface area contributed by atoms with E-state index in [0.717, 1.165) is 31.2 Å². The summed E-state index contributed by atoms with van der Waals surface area (Å²) >= 11 is 0. The lowest BCUT2D eigenvalue weighted by atomic mass is 9.87. The van der Waals surface area contributed by atoms with E-state index in [1.165, 1.54) is 7.11 Å². The first kappa shape index (κ1) is 12.7. The molecule has 18 heavy (non-hydrogen) atoms. The van der Waals surface area contributed by atoms with Gasteiger partial charge in [0.15, 0.2) is 11.5 Å². The van der Waals surface area contributed by atoms with Crippen molar-refractivity contribution in [2.75, 3.05) is 7.11 Å². The highest BCUT2D eigenvalue weighted by molar-refractivity contribution is 5.53. The van der Waals surface area contributed by atoms with Gasteiger partial charge in [-0.3, -0.25) is 0 Å². The first-order valence-corrected chi connectivity index (χ1v) is 6.10. The lowest BCUT2D eigenvalue weighted by molar-refractivity contribution is 0.355. The minimum Gasteiger partial charge on any atom is -0.504 e. The molecule has 0 aromatic heterocycles. The van der Waals surface area contributed by atoms with Crippen LogP contribution in [-0.2, 0) is 10.3 Å². The van der Waals surface area contributed by atoms with Gasteiger partial charge in [0.05, 0.1) is 7.11 Å². The van der Waals surface area contributed by atoms with Gasteiger partial charge in [-0.2, -0.15) is 4.99 Å². The van der Waals surface area contributed by atoms with E-state index in [2.05, 4.69) is 4.99 Å². The molecule has 0 heterocycles. The summed E-state index contributed by atoms with van der Waals surface area (Å²) in [5, 5.41) is 10.3. The summed E-state index contributed by atoms with van der Waals surface area (Å²) in [5.74, 6) is 0.515. The van der Waals surface area contributed by atoms with Gasteiger partial charge in [0.2, 0.25) is 6.08 Å². The topological polar surface area (TPSA) is 58.9 Å². The van der Waals surface area contributed by atoms with Crippen molar-refractivity contribution in [3.05, 3.63) is 23.3 Å². The Hall–Kier alpha value is -1.80. The fourth-order valence-electron chi connectivity index (χ4n) is 2.74. The molecule has 1 saturated carbocycles. The lowest BCUT2D eigenvalue weighted by Crippen LogP contribution is -2.19. The molecule has 0 radical (unpaired) electrons. The Morgan fingerprint density at radius 2 is 2.06 bits per heavy atom. The molecule has 1 aliphatic carbocycles. The molecule has 1 aromatic rings. The van der Waals surface area contributed by atoms with Crippen LogP contribution >= 0.6 is 0 Å². The summed E-state index contributed by atoms with van der Waals surface area (Å²) in [7, 11) is 1.52. The molecular weight excluding hydrogens is 230 g/mol. The van der Waals surface area contributed by atoms with Gasteiger partial charge in [0, 0.05) is 5.56 Å². The number of isocyanates is 1. The molecule has 2 rings (SSSR count). The molecule has 1 aromatic carbocycles. The number of hydrogen-bond acceptors (Lipinski definition) is 4. The quantitative estimate of drug-likeness (QED) is 0.660. The second-order valence-corrected chi connectivity index (χ2v) is 4.81. The highest BCUT2D eigenvalue weighted by atomic mass is 16.5. The number of phenolic OH excluding ortho intramolecular Hbond substituents is 1. The fraction of sp³-hybridized carbons (Fsp3) is 0.500. The zero-order valence-electron chi connectivity index (χ0n) is 10.7. The number of carbonyl (C=O) groups excluding carboxylic acids is 1. The van der Waals surface area contributed by atoms with Crippen LogP contribution in [0.1, 0.15) is 36.8 Å². The van der Waals surface area contributed by atoms with Crippen LogP contribution < -0.4 is 4.74 Å². The highest BCUT2D eigenvalue weighted by Crippen LogP contribution is 2.48. The molecule has 0 spiro atoms. The molecule has 1 aliphatic rings. The third-order valence-corrected chi connectivity index (χ3v) is 3.63. The molecule has 0 amide bonds. The van der Waals surface area contributed by atoms with Crippen molar-refractivity contribution in [3.8, 4) is 11.5 Å². The van der Waals surface area contributed by atoms with Gasteiger partial charge in [-0.15, -0.1) is 0 Å². The number of aromatic hydroxyl groups is 1. The van der Waals surface area contributed by atoms with Crippen molar-refractivity contribution in [3.63, 3.8) is 0 Å². The van der Waals surface area contributed by atoms with Crippen LogP contribution in [0, 0.1) is 6.92 Å². The number of aliphatic imine (C=N–C) groups is 1. The largest absolute Gasteiger partial charge is 0.504 e. The molecule has 4 heteroatoms. The van der Waals surface area contributed by atoms with E-state index in [4.69, 9.17) is 4.74 Å². The molecule has 1 N–H and O–H groups in total. The van der Waals surface area contributed by atoms with Crippen LogP contribution in [0.3, 0.4) is 0 Å². The maximum absolute atomic E-state index is 10.7. The van der Waals surface area contributed by atoms with E-state index in [1.807, 2.05) is 13.0 Å². The summed E-state index contributed by atoms with van der Waals surface area (Å²) in [6.45, 7) is 1.93.